The van der Waals surface area contributed by atoms with Gasteiger partial charge in [0, 0.05) is 53.6 Å². The molecule has 1 amide bonds. The molecule has 23 heavy (non-hydrogen) atoms. The summed E-state index contributed by atoms with van der Waals surface area (Å²) in [6.45, 7) is 0.987. The third-order valence-electron chi connectivity index (χ3n) is 4.02. The van der Waals surface area contributed by atoms with E-state index >= 15 is 0 Å². The van der Waals surface area contributed by atoms with Crippen LogP contribution in [-0.2, 0) is 20.3 Å². The molecule has 2 aromatic rings. The van der Waals surface area contributed by atoms with Crippen LogP contribution >= 0.6 is 10.7 Å². The van der Waals surface area contributed by atoms with Gasteiger partial charge in [-0.25, -0.2) is 8.42 Å². The number of hydrogen-bond donors (Lipinski definition) is 0. The molecule has 0 N–H and O–H groups in total. The summed E-state index contributed by atoms with van der Waals surface area (Å²) in [5.41, 5.74) is 1.86. The Kier molecular flexibility index (Phi) is 4.55. The molecule has 1 atom stereocenters. The molecule has 0 spiro atoms. The number of para-hydroxylation sites is 1. The second-order valence-corrected chi connectivity index (χ2v) is 8.68. The van der Waals surface area contributed by atoms with Crippen LogP contribution in [0.1, 0.15) is 12.1 Å². The maximum Gasteiger partial charge on any atom is 0.232 e. The second kappa shape index (κ2) is 6.45. The summed E-state index contributed by atoms with van der Waals surface area (Å²) in [4.78, 5) is 18.3. The molecule has 1 unspecified atom stereocenters. The number of pyridine rings is 1. The van der Waals surface area contributed by atoms with Gasteiger partial charge >= 0.3 is 0 Å². The number of rotatable bonds is 5. The Balaban J connectivity index is 1.62. The van der Waals surface area contributed by atoms with Crippen molar-refractivity contribution in [2.45, 2.75) is 12.8 Å². The Morgan fingerprint density at radius 3 is 2.78 bits per heavy atom. The number of carbonyl (C=O) groups is 1. The highest BCUT2D eigenvalue weighted by molar-refractivity contribution is 8.13. The number of amides is 1. The van der Waals surface area contributed by atoms with Crippen LogP contribution in [0, 0.1) is 5.92 Å². The van der Waals surface area contributed by atoms with Crippen LogP contribution in [-0.4, -0.2) is 43.1 Å². The van der Waals surface area contributed by atoms with Crippen molar-refractivity contribution in [1.82, 2.24) is 9.88 Å². The zero-order valence-electron chi connectivity index (χ0n) is 12.5. The lowest BCUT2D eigenvalue weighted by molar-refractivity contribution is -0.127. The van der Waals surface area contributed by atoms with Gasteiger partial charge in [-0.05, 0) is 12.1 Å². The fraction of sp³-hybridized carbons (Fsp3) is 0.375. The van der Waals surface area contributed by atoms with E-state index in [9.17, 15) is 13.2 Å². The standard InChI is InChI=1S/C16H17ClN2O3S/c17-23(21,22)11-12-9-16(20)19(10-12)8-7-14-6-5-13-3-1-2-4-15(13)18-14/h1-6,12H,7-11H2. The predicted molar refractivity (Wildman–Crippen MR) is 89.8 cm³/mol. The predicted octanol–water partition coefficient (Wildman–Crippen LogP) is 2.19. The monoisotopic (exact) mass is 352 g/mol. The molecular weight excluding hydrogens is 336 g/mol. The van der Waals surface area contributed by atoms with E-state index in [0.717, 1.165) is 16.6 Å². The summed E-state index contributed by atoms with van der Waals surface area (Å²) < 4.78 is 22.3. The smallest absolute Gasteiger partial charge is 0.232 e. The molecule has 5 nitrogen and oxygen atoms in total. The van der Waals surface area contributed by atoms with Gasteiger partial charge in [-0.2, -0.15) is 0 Å². The molecule has 0 saturated carbocycles. The summed E-state index contributed by atoms with van der Waals surface area (Å²) in [6, 6.07) is 11.9. The highest BCUT2D eigenvalue weighted by atomic mass is 35.7. The number of halogens is 1. The van der Waals surface area contributed by atoms with Gasteiger partial charge in [0.1, 0.15) is 0 Å². The normalized spacial score (nSPS) is 18.7. The molecule has 1 fully saturated rings. The SMILES string of the molecule is O=C1CC(CS(=O)(=O)Cl)CN1CCc1ccc2ccccc2n1. The van der Waals surface area contributed by atoms with E-state index in [1.807, 2.05) is 36.4 Å². The van der Waals surface area contributed by atoms with Gasteiger partial charge < -0.3 is 4.90 Å². The third kappa shape index (κ3) is 4.20. The summed E-state index contributed by atoms with van der Waals surface area (Å²) in [7, 11) is 1.70. The van der Waals surface area contributed by atoms with Gasteiger partial charge in [-0.15, -0.1) is 0 Å². The number of benzene rings is 1. The Morgan fingerprint density at radius 1 is 1.22 bits per heavy atom. The Labute approximate surface area is 139 Å². The van der Waals surface area contributed by atoms with Crippen LogP contribution in [0.3, 0.4) is 0 Å². The molecule has 7 heteroatoms. The maximum atomic E-state index is 12.0. The lowest BCUT2D eigenvalue weighted by Crippen LogP contribution is -2.28. The first-order chi connectivity index (χ1) is 10.9. The number of hydrogen-bond acceptors (Lipinski definition) is 4. The summed E-state index contributed by atoms with van der Waals surface area (Å²) >= 11 is 0. The molecule has 1 saturated heterocycles. The van der Waals surface area contributed by atoms with E-state index in [2.05, 4.69) is 4.98 Å². The summed E-state index contributed by atoms with van der Waals surface area (Å²) in [5.74, 6) is -0.379. The fourth-order valence-electron chi connectivity index (χ4n) is 2.96. The Morgan fingerprint density at radius 2 is 2.00 bits per heavy atom. The molecule has 3 rings (SSSR count). The van der Waals surface area contributed by atoms with Crippen LogP contribution in [0.2, 0.25) is 0 Å². The quantitative estimate of drug-likeness (QED) is 0.774. The maximum absolute atomic E-state index is 12.0. The first kappa shape index (κ1) is 16.2. The lowest BCUT2D eigenvalue weighted by atomic mass is 10.1. The lowest BCUT2D eigenvalue weighted by Gasteiger charge is -2.16. The van der Waals surface area contributed by atoms with E-state index in [-0.39, 0.29) is 24.0 Å². The van der Waals surface area contributed by atoms with Crippen LogP contribution in [0.15, 0.2) is 36.4 Å². The topological polar surface area (TPSA) is 67.3 Å². The largest absolute Gasteiger partial charge is 0.342 e. The molecule has 1 aliphatic heterocycles. The van der Waals surface area contributed by atoms with Gasteiger partial charge in [0.2, 0.25) is 15.0 Å². The van der Waals surface area contributed by atoms with Crippen molar-refractivity contribution < 1.29 is 13.2 Å². The van der Waals surface area contributed by atoms with Gasteiger partial charge in [0.25, 0.3) is 0 Å². The van der Waals surface area contributed by atoms with Crippen LogP contribution < -0.4 is 0 Å². The molecule has 1 aromatic carbocycles. The summed E-state index contributed by atoms with van der Waals surface area (Å²) in [5, 5.41) is 1.08. The van der Waals surface area contributed by atoms with Crippen molar-refractivity contribution in [3.63, 3.8) is 0 Å². The number of nitrogens with zero attached hydrogens (tertiary/aromatic N) is 2. The number of carbonyl (C=O) groups excluding carboxylic acids is 1. The van der Waals surface area contributed by atoms with Crippen molar-refractivity contribution in [2.75, 3.05) is 18.8 Å². The van der Waals surface area contributed by atoms with E-state index in [1.165, 1.54) is 0 Å². The van der Waals surface area contributed by atoms with E-state index in [4.69, 9.17) is 10.7 Å². The third-order valence-corrected chi connectivity index (χ3v) is 5.27. The first-order valence-corrected chi connectivity index (χ1v) is 9.93. The van der Waals surface area contributed by atoms with Gasteiger partial charge in [0.05, 0.1) is 11.3 Å². The highest BCUT2D eigenvalue weighted by Gasteiger charge is 2.31. The van der Waals surface area contributed by atoms with Crippen LogP contribution in [0.4, 0.5) is 0 Å². The number of aromatic nitrogens is 1. The molecule has 1 aliphatic rings. The van der Waals surface area contributed by atoms with E-state index in [1.54, 1.807) is 4.90 Å². The molecule has 122 valence electrons. The zero-order chi connectivity index (χ0) is 16.4. The minimum Gasteiger partial charge on any atom is -0.342 e. The Hall–Kier alpha value is -1.66. The average molecular weight is 353 g/mol. The van der Waals surface area contributed by atoms with Crippen molar-refractivity contribution in [1.29, 1.82) is 0 Å². The Bertz CT molecular complexity index is 838. The van der Waals surface area contributed by atoms with Crippen LogP contribution in [0.5, 0.6) is 0 Å². The number of fused-ring (bicyclic) bond motifs is 1. The van der Waals surface area contributed by atoms with Crippen molar-refractivity contribution >= 4 is 36.5 Å². The molecular formula is C16H17ClN2O3S. The minimum atomic E-state index is -3.56. The molecule has 0 bridgehead atoms. The molecule has 0 radical (unpaired) electrons. The van der Waals surface area contributed by atoms with Crippen molar-refractivity contribution in [3.05, 3.63) is 42.1 Å². The zero-order valence-corrected chi connectivity index (χ0v) is 14.1. The molecule has 2 heterocycles. The van der Waals surface area contributed by atoms with E-state index in [0.29, 0.717) is 19.5 Å². The number of likely N-dealkylation sites (tertiary alicyclic amines) is 1. The van der Waals surface area contributed by atoms with E-state index < -0.39 is 9.05 Å². The highest BCUT2D eigenvalue weighted by Crippen LogP contribution is 2.21. The first-order valence-electron chi connectivity index (χ1n) is 7.45. The summed E-state index contributed by atoms with van der Waals surface area (Å²) in [6.07, 6.45) is 0.897. The molecule has 0 aliphatic carbocycles. The van der Waals surface area contributed by atoms with Gasteiger partial charge in [-0.3, -0.25) is 9.78 Å². The van der Waals surface area contributed by atoms with Crippen molar-refractivity contribution in [3.8, 4) is 0 Å². The molecule has 1 aromatic heterocycles. The fourth-order valence-corrected chi connectivity index (χ4v) is 4.28. The van der Waals surface area contributed by atoms with Gasteiger partial charge in [0.15, 0.2) is 0 Å². The van der Waals surface area contributed by atoms with Crippen molar-refractivity contribution in [2.24, 2.45) is 5.92 Å². The second-order valence-electron chi connectivity index (χ2n) is 5.86. The average Bonchev–Trinajstić information content (AvgIpc) is 2.82. The minimum absolute atomic E-state index is 0.0175. The van der Waals surface area contributed by atoms with Gasteiger partial charge in [-0.1, -0.05) is 24.3 Å². The van der Waals surface area contributed by atoms with Crippen LogP contribution in [0.25, 0.3) is 10.9 Å².